The maximum atomic E-state index is 5.86. The second-order valence-corrected chi connectivity index (χ2v) is 3.15. The normalized spacial score (nSPS) is 16.5. The molecule has 0 aromatic heterocycles. The third kappa shape index (κ3) is 1.70. The molecule has 0 bridgehead atoms. The fourth-order valence-electron chi connectivity index (χ4n) is 1.20. The van der Waals surface area contributed by atoms with Gasteiger partial charge in [-0.15, -0.1) is 0 Å². The van der Waals surface area contributed by atoms with Crippen molar-refractivity contribution in [3.05, 3.63) is 35.8 Å². The smallest absolute Gasteiger partial charge is 0.0592 e. The Bertz CT molecular complexity index is 249. The molecule has 0 fully saturated rings. The standard InChI is InChI=1S/C10H16N2/c1-8(2)12(3)10-7-5-4-6-9(10)11/h5,7H,1,4,6,11H2,2-3H3. The van der Waals surface area contributed by atoms with Gasteiger partial charge in [0.2, 0.25) is 0 Å². The Morgan fingerprint density at radius 2 is 2.33 bits per heavy atom. The van der Waals surface area contributed by atoms with E-state index in [1.54, 1.807) is 0 Å². The largest absolute Gasteiger partial charge is 0.400 e. The summed E-state index contributed by atoms with van der Waals surface area (Å²) < 4.78 is 0. The SMILES string of the molecule is C=C(C)N(C)C1=C(N)CCC=C1. The first-order valence-electron chi connectivity index (χ1n) is 4.17. The van der Waals surface area contributed by atoms with E-state index in [4.69, 9.17) is 5.73 Å². The summed E-state index contributed by atoms with van der Waals surface area (Å²) in [7, 11) is 1.99. The zero-order valence-corrected chi connectivity index (χ0v) is 7.80. The molecule has 12 heavy (non-hydrogen) atoms. The third-order valence-electron chi connectivity index (χ3n) is 2.12. The van der Waals surface area contributed by atoms with Gasteiger partial charge in [-0.3, -0.25) is 0 Å². The first kappa shape index (κ1) is 8.91. The van der Waals surface area contributed by atoms with Gasteiger partial charge in [-0.2, -0.15) is 0 Å². The molecule has 0 saturated carbocycles. The van der Waals surface area contributed by atoms with Gasteiger partial charge in [0, 0.05) is 18.4 Å². The Morgan fingerprint density at radius 3 is 2.83 bits per heavy atom. The third-order valence-corrected chi connectivity index (χ3v) is 2.12. The van der Waals surface area contributed by atoms with Gasteiger partial charge in [-0.25, -0.2) is 0 Å². The van der Waals surface area contributed by atoms with Crippen molar-refractivity contribution in [2.75, 3.05) is 7.05 Å². The molecule has 0 saturated heterocycles. The maximum absolute atomic E-state index is 5.86. The van der Waals surface area contributed by atoms with Crippen LogP contribution in [-0.2, 0) is 0 Å². The lowest BCUT2D eigenvalue weighted by Crippen LogP contribution is -2.19. The van der Waals surface area contributed by atoms with Gasteiger partial charge < -0.3 is 10.6 Å². The van der Waals surface area contributed by atoms with Crippen molar-refractivity contribution in [1.29, 1.82) is 0 Å². The molecule has 66 valence electrons. The van der Waals surface area contributed by atoms with Crippen molar-refractivity contribution in [3.63, 3.8) is 0 Å². The van der Waals surface area contributed by atoms with E-state index in [1.165, 1.54) is 0 Å². The molecular weight excluding hydrogens is 148 g/mol. The lowest BCUT2D eigenvalue weighted by Gasteiger charge is -2.24. The Balaban J connectivity index is 2.86. The first-order chi connectivity index (χ1) is 5.63. The molecule has 1 aliphatic rings. The van der Waals surface area contributed by atoms with Crippen molar-refractivity contribution >= 4 is 0 Å². The van der Waals surface area contributed by atoms with Crippen LogP contribution in [0, 0.1) is 0 Å². The van der Waals surface area contributed by atoms with Crippen LogP contribution in [0.3, 0.4) is 0 Å². The summed E-state index contributed by atoms with van der Waals surface area (Å²) in [5.74, 6) is 0. The van der Waals surface area contributed by atoms with Crippen LogP contribution in [0.15, 0.2) is 35.8 Å². The van der Waals surface area contributed by atoms with E-state index in [-0.39, 0.29) is 0 Å². The van der Waals surface area contributed by atoms with Gasteiger partial charge in [0.25, 0.3) is 0 Å². The highest BCUT2D eigenvalue weighted by atomic mass is 15.1. The topological polar surface area (TPSA) is 29.3 Å². The Hall–Kier alpha value is -1.18. The van der Waals surface area contributed by atoms with Crippen molar-refractivity contribution in [1.82, 2.24) is 4.90 Å². The van der Waals surface area contributed by atoms with Crippen LogP contribution in [0.2, 0.25) is 0 Å². The molecule has 0 spiro atoms. The Kier molecular flexibility index (Phi) is 2.58. The van der Waals surface area contributed by atoms with Gasteiger partial charge in [-0.05, 0) is 25.8 Å². The van der Waals surface area contributed by atoms with E-state index in [1.807, 2.05) is 18.9 Å². The minimum atomic E-state index is 0.961. The lowest BCUT2D eigenvalue weighted by molar-refractivity contribution is 0.525. The lowest BCUT2D eigenvalue weighted by atomic mass is 10.1. The number of hydrogen-bond donors (Lipinski definition) is 1. The van der Waals surface area contributed by atoms with Crippen molar-refractivity contribution in [2.24, 2.45) is 5.73 Å². The number of nitrogens with zero attached hydrogens (tertiary/aromatic N) is 1. The number of likely N-dealkylation sites (N-methyl/N-ethyl adjacent to an activating group) is 1. The van der Waals surface area contributed by atoms with E-state index in [0.29, 0.717) is 0 Å². The highest BCUT2D eigenvalue weighted by molar-refractivity contribution is 5.28. The van der Waals surface area contributed by atoms with E-state index < -0.39 is 0 Å². The van der Waals surface area contributed by atoms with Crippen LogP contribution in [0.25, 0.3) is 0 Å². The highest BCUT2D eigenvalue weighted by Crippen LogP contribution is 2.19. The average Bonchev–Trinajstić information content (AvgIpc) is 2.04. The summed E-state index contributed by atoms with van der Waals surface area (Å²) in [4.78, 5) is 2.02. The van der Waals surface area contributed by atoms with Gasteiger partial charge in [0.05, 0.1) is 5.70 Å². The quantitative estimate of drug-likeness (QED) is 0.676. The van der Waals surface area contributed by atoms with Crippen LogP contribution in [0.1, 0.15) is 19.8 Å². The zero-order valence-electron chi connectivity index (χ0n) is 7.80. The van der Waals surface area contributed by atoms with Gasteiger partial charge in [-0.1, -0.05) is 12.7 Å². The molecule has 1 rings (SSSR count). The van der Waals surface area contributed by atoms with Crippen LogP contribution in [-0.4, -0.2) is 11.9 Å². The monoisotopic (exact) mass is 164 g/mol. The van der Waals surface area contributed by atoms with Gasteiger partial charge in [0.1, 0.15) is 0 Å². The molecule has 0 aromatic carbocycles. The summed E-state index contributed by atoms with van der Waals surface area (Å²) >= 11 is 0. The molecule has 2 N–H and O–H groups in total. The van der Waals surface area contributed by atoms with Crippen molar-refractivity contribution in [3.8, 4) is 0 Å². The summed E-state index contributed by atoms with van der Waals surface area (Å²) in [5.41, 5.74) is 8.93. The van der Waals surface area contributed by atoms with Gasteiger partial charge in [0.15, 0.2) is 0 Å². The van der Waals surface area contributed by atoms with E-state index in [0.717, 1.165) is 29.9 Å². The van der Waals surface area contributed by atoms with Crippen LogP contribution >= 0.6 is 0 Å². The number of allylic oxidation sites excluding steroid dienone is 4. The molecule has 0 atom stereocenters. The minimum Gasteiger partial charge on any atom is -0.400 e. The molecular formula is C10H16N2. The highest BCUT2D eigenvalue weighted by Gasteiger charge is 2.09. The number of rotatable bonds is 2. The second kappa shape index (κ2) is 3.48. The van der Waals surface area contributed by atoms with Crippen LogP contribution in [0.4, 0.5) is 0 Å². The maximum Gasteiger partial charge on any atom is 0.0592 e. The molecule has 2 nitrogen and oxygen atoms in total. The predicted molar refractivity (Wildman–Crippen MR) is 52.2 cm³/mol. The summed E-state index contributed by atoms with van der Waals surface area (Å²) in [5, 5.41) is 0. The fourth-order valence-corrected chi connectivity index (χ4v) is 1.20. The molecule has 1 aliphatic carbocycles. The van der Waals surface area contributed by atoms with Crippen LogP contribution in [0.5, 0.6) is 0 Å². The van der Waals surface area contributed by atoms with E-state index >= 15 is 0 Å². The van der Waals surface area contributed by atoms with E-state index in [9.17, 15) is 0 Å². The molecule has 0 unspecified atom stereocenters. The zero-order chi connectivity index (χ0) is 9.14. The molecule has 0 heterocycles. The molecule has 2 heteroatoms. The minimum absolute atomic E-state index is 0.961. The van der Waals surface area contributed by atoms with Crippen molar-refractivity contribution < 1.29 is 0 Å². The summed E-state index contributed by atoms with van der Waals surface area (Å²) in [6.07, 6.45) is 6.22. The van der Waals surface area contributed by atoms with Gasteiger partial charge >= 0.3 is 0 Å². The number of nitrogens with two attached hydrogens (primary N) is 1. The van der Waals surface area contributed by atoms with E-state index in [2.05, 4.69) is 18.7 Å². The predicted octanol–water partition coefficient (Wildman–Crippen LogP) is 1.97. The Labute approximate surface area is 74.0 Å². The second-order valence-electron chi connectivity index (χ2n) is 3.15. The molecule has 0 aromatic rings. The van der Waals surface area contributed by atoms with Crippen molar-refractivity contribution in [2.45, 2.75) is 19.8 Å². The molecule has 0 radical (unpaired) electrons. The average molecular weight is 164 g/mol. The van der Waals surface area contributed by atoms with Crippen LogP contribution < -0.4 is 5.73 Å². The molecule has 0 amide bonds. The number of hydrogen-bond acceptors (Lipinski definition) is 2. The summed E-state index contributed by atoms with van der Waals surface area (Å²) in [6, 6.07) is 0. The summed E-state index contributed by atoms with van der Waals surface area (Å²) in [6.45, 7) is 5.84. The Morgan fingerprint density at radius 1 is 1.67 bits per heavy atom. The molecule has 0 aliphatic heterocycles. The first-order valence-corrected chi connectivity index (χ1v) is 4.17. The fraction of sp³-hybridized carbons (Fsp3) is 0.400.